The van der Waals surface area contributed by atoms with Crippen LogP contribution in [-0.2, 0) is 10.2 Å². The van der Waals surface area contributed by atoms with Gasteiger partial charge in [0.1, 0.15) is 0 Å². The van der Waals surface area contributed by atoms with Crippen LogP contribution in [0.15, 0.2) is 35.2 Å². The molecule has 0 radical (unpaired) electrons. The van der Waals surface area contributed by atoms with E-state index in [9.17, 15) is 12.3 Å². The molecule has 4 heteroatoms. The van der Waals surface area contributed by atoms with Gasteiger partial charge in [0.15, 0.2) is 0 Å². The van der Waals surface area contributed by atoms with Crippen molar-refractivity contribution in [3.63, 3.8) is 0 Å². The summed E-state index contributed by atoms with van der Waals surface area (Å²) < 4.78 is 32.4. The molecule has 2 nitrogen and oxygen atoms in total. The quantitative estimate of drug-likeness (QED) is 0.637. The van der Waals surface area contributed by atoms with E-state index in [4.69, 9.17) is 0 Å². The lowest BCUT2D eigenvalue weighted by atomic mass is 10.4. The molecule has 0 saturated heterocycles. The summed E-state index contributed by atoms with van der Waals surface area (Å²) >= 11 is 0. The van der Waals surface area contributed by atoms with Crippen molar-refractivity contribution in [1.29, 1.82) is 0 Å². The molecule has 68 valence electrons. The minimum atomic E-state index is -4.50. The molecule has 0 saturated carbocycles. The maximum atomic E-state index is 12.1. The summed E-state index contributed by atoms with van der Waals surface area (Å²) in [6, 6.07) is 6.96. The van der Waals surface area contributed by atoms with Crippen molar-refractivity contribution in [2.45, 2.75) is 18.7 Å². The van der Waals surface area contributed by atoms with Gasteiger partial charge in [0, 0.05) is 0 Å². The topological polar surface area (TPSA) is 34.1 Å². The second-order valence-electron chi connectivity index (χ2n) is 1.75. The first-order chi connectivity index (χ1) is 5.61. The highest BCUT2D eigenvalue weighted by Gasteiger charge is 2.08. The summed E-state index contributed by atoms with van der Waals surface area (Å²) in [5.41, 5.74) is 0. The molecule has 0 aliphatic rings. The Morgan fingerprint density at radius 2 is 1.50 bits per heavy atom. The van der Waals surface area contributed by atoms with E-state index in [-0.39, 0.29) is 4.90 Å². The average molecular weight is 190 g/mol. The molecule has 0 aliphatic heterocycles. The van der Waals surface area contributed by atoms with Gasteiger partial charge in [-0.3, -0.25) is 0 Å². The van der Waals surface area contributed by atoms with Gasteiger partial charge in [0.25, 0.3) is 0 Å². The molecule has 12 heavy (non-hydrogen) atoms. The molecule has 0 N–H and O–H groups in total. The fourth-order valence-corrected chi connectivity index (χ4v) is 1.07. The van der Waals surface area contributed by atoms with Gasteiger partial charge >= 0.3 is 10.2 Å². The largest absolute Gasteiger partial charge is 0.332 e. The van der Waals surface area contributed by atoms with E-state index in [1.807, 2.05) is 13.8 Å². The fourth-order valence-electron chi connectivity index (χ4n) is 0.583. The van der Waals surface area contributed by atoms with Crippen LogP contribution in [0, 0.1) is 0 Å². The van der Waals surface area contributed by atoms with E-state index < -0.39 is 10.2 Å². The van der Waals surface area contributed by atoms with E-state index in [1.165, 1.54) is 24.3 Å². The molecule has 0 heterocycles. The molecule has 0 bridgehead atoms. The summed E-state index contributed by atoms with van der Waals surface area (Å²) in [5.74, 6) is 0. The smallest absolute Gasteiger partial charge is 0.189 e. The zero-order valence-electron chi connectivity index (χ0n) is 6.99. The van der Waals surface area contributed by atoms with Crippen LogP contribution < -0.4 is 0 Å². The summed E-state index contributed by atoms with van der Waals surface area (Å²) in [7, 11) is -4.50. The Bertz CT molecular complexity index is 305. The van der Waals surface area contributed by atoms with E-state index in [1.54, 1.807) is 6.07 Å². The van der Waals surface area contributed by atoms with E-state index >= 15 is 0 Å². The molecular weight excluding hydrogens is 179 g/mol. The van der Waals surface area contributed by atoms with Crippen molar-refractivity contribution >= 4 is 10.2 Å². The molecule has 0 aliphatic carbocycles. The third-order valence-electron chi connectivity index (χ3n) is 1.02. The van der Waals surface area contributed by atoms with Crippen LogP contribution in [-0.4, -0.2) is 8.42 Å². The normalized spacial score (nSPS) is 9.92. The second-order valence-corrected chi connectivity index (χ2v) is 3.10. The Balaban J connectivity index is 0.000000561. The van der Waals surface area contributed by atoms with Crippen molar-refractivity contribution in [2.75, 3.05) is 0 Å². The second kappa shape index (κ2) is 4.87. The molecule has 0 unspecified atom stereocenters. The van der Waals surface area contributed by atoms with E-state index in [0.29, 0.717) is 0 Å². The van der Waals surface area contributed by atoms with Gasteiger partial charge in [-0.25, -0.2) is 0 Å². The van der Waals surface area contributed by atoms with E-state index in [2.05, 4.69) is 0 Å². The van der Waals surface area contributed by atoms with Crippen LogP contribution in [0.3, 0.4) is 0 Å². The van der Waals surface area contributed by atoms with Crippen LogP contribution in [0.2, 0.25) is 0 Å². The third-order valence-corrected chi connectivity index (χ3v) is 1.86. The SMILES string of the molecule is CC.O=S(=O)(F)c1ccccc1. The van der Waals surface area contributed by atoms with Gasteiger partial charge in [0.2, 0.25) is 0 Å². The van der Waals surface area contributed by atoms with Crippen LogP contribution in [0.1, 0.15) is 13.8 Å². The van der Waals surface area contributed by atoms with Crippen LogP contribution in [0.4, 0.5) is 3.89 Å². The van der Waals surface area contributed by atoms with Gasteiger partial charge in [-0.1, -0.05) is 32.0 Å². The lowest BCUT2D eigenvalue weighted by Crippen LogP contribution is -1.89. The molecule has 0 fully saturated rings. The standard InChI is InChI=1S/C6H5FO2S.C2H6/c7-10(8,9)6-4-2-1-3-5-6;1-2/h1-5H;1-2H3. The predicted molar refractivity (Wildman–Crippen MR) is 46.1 cm³/mol. The highest BCUT2D eigenvalue weighted by Crippen LogP contribution is 2.09. The van der Waals surface area contributed by atoms with Crippen molar-refractivity contribution in [3.8, 4) is 0 Å². The van der Waals surface area contributed by atoms with Crippen molar-refractivity contribution in [2.24, 2.45) is 0 Å². The first-order valence-corrected chi connectivity index (χ1v) is 4.99. The number of rotatable bonds is 1. The monoisotopic (exact) mass is 190 g/mol. The Hall–Kier alpha value is -0.900. The summed E-state index contributed by atoms with van der Waals surface area (Å²) in [4.78, 5) is -0.296. The molecule has 0 spiro atoms. The van der Waals surface area contributed by atoms with Gasteiger partial charge in [-0.2, -0.15) is 8.42 Å². The maximum absolute atomic E-state index is 12.1. The van der Waals surface area contributed by atoms with E-state index in [0.717, 1.165) is 0 Å². The van der Waals surface area contributed by atoms with Crippen molar-refractivity contribution in [1.82, 2.24) is 0 Å². The number of benzene rings is 1. The number of halogens is 1. The highest BCUT2D eigenvalue weighted by atomic mass is 32.3. The van der Waals surface area contributed by atoms with Gasteiger partial charge in [-0.05, 0) is 12.1 Å². The first-order valence-electron chi connectivity index (χ1n) is 3.60. The summed E-state index contributed by atoms with van der Waals surface area (Å²) in [6.45, 7) is 4.00. The Kier molecular flexibility index (Phi) is 4.51. The van der Waals surface area contributed by atoms with Gasteiger partial charge in [0.05, 0.1) is 4.90 Å². The predicted octanol–water partition coefficient (Wildman–Crippen LogP) is 2.37. The van der Waals surface area contributed by atoms with Gasteiger partial charge in [-0.15, -0.1) is 3.89 Å². The molecule has 1 aromatic rings. The molecule has 0 amide bonds. The van der Waals surface area contributed by atoms with Crippen molar-refractivity contribution < 1.29 is 12.3 Å². The average Bonchev–Trinajstić information content (AvgIpc) is 2.08. The Morgan fingerprint density at radius 1 is 1.08 bits per heavy atom. The summed E-state index contributed by atoms with van der Waals surface area (Å²) in [5, 5.41) is 0. The molecule has 1 aromatic carbocycles. The van der Waals surface area contributed by atoms with Crippen LogP contribution in [0.25, 0.3) is 0 Å². The van der Waals surface area contributed by atoms with Crippen LogP contribution >= 0.6 is 0 Å². The minimum Gasteiger partial charge on any atom is -0.189 e. The lowest BCUT2D eigenvalue weighted by Gasteiger charge is -1.89. The van der Waals surface area contributed by atoms with Gasteiger partial charge < -0.3 is 0 Å². The molecular formula is C8H11FO2S. The molecule has 0 aromatic heterocycles. The lowest BCUT2D eigenvalue weighted by molar-refractivity contribution is 0.552. The van der Waals surface area contributed by atoms with Crippen molar-refractivity contribution in [3.05, 3.63) is 30.3 Å². The molecule has 0 atom stereocenters. The van der Waals surface area contributed by atoms with Crippen LogP contribution in [0.5, 0.6) is 0 Å². The third kappa shape index (κ3) is 3.48. The first kappa shape index (κ1) is 11.1. The highest BCUT2D eigenvalue weighted by molar-refractivity contribution is 7.86. The Labute approximate surface area is 72.3 Å². The maximum Gasteiger partial charge on any atom is 0.332 e. The fraction of sp³-hybridized carbons (Fsp3) is 0.250. The molecule has 1 rings (SSSR count). The number of hydrogen-bond donors (Lipinski definition) is 0. The number of hydrogen-bond acceptors (Lipinski definition) is 2. The minimum absolute atomic E-state index is 0.296. The summed E-state index contributed by atoms with van der Waals surface area (Å²) in [6.07, 6.45) is 0. The Morgan fingerprint density at radius 3 is 1.75 bits per heavy atom. The zero-order chi connectivity index (χ0) is 9.61. The zero-order valence-corrected chi connectivity index (χ0v) is 7.81.